The van der Waals surface area contributed by atoms with Crippen LogP contribution >= 0.6 is 12.4 Å². The van der Waals surface area contributed by atoms with E-state index in [1.54, 1.807) is 0 Å². The van der Waals surface area contributed by atoms with Crippen molar-refractivity contribution in [1.29, 1.82) is 0 Å². The van der Waals surface area contributed by atoms with E-state index in [4.69, 9.17) is 5.73 Å². The van der Waals surface area contributed by atoms with Crippen LogP contribution in [0.5, 0.6) is 0 Å². The lowest BCUT2D eigenvalue weighted by molar-refractivity contribution is 0.0937. The number of hydrogen-bond donors (Lipinski definition) is 3. The minimum Gasteiger partial charge on any atom is -0.350 e. The molecule has 4 N–H and O–H groups in total. The smallest absolute Gasteiger partial charge is 0.252 e. The zero-order valence-corrected chi connectivity index (χ0v) is 11.6. The average Bonchev–Trinajstić information content (AvgIpc) is 2.38. The zero-order valence-electron chi connectivity index (χ0n) is 10.8. The van der Waals surface area contributed by atoms with E-state index in [1.807, 2.05) is 0 Å². The molecule has 0 radical (unpaired) electrons. The first-order chi connectivity index (χ1) is 8.59. The molecule has 6 heteroatoms. The predicted octanol–water partition coefficient (Wildman–Crippen LogP) is 1.19. The van der Waals surface area contributed by atoms with Crippen LogP contribution in [0.4, 0.5) is 0 Å². The number of nitrogens with two attached hydrogens (primary N) is 1. The van der Waals surface area contributed by atoms with Crippen molar-refractivity contribution in [2.45, 2.75) is 37.6 Å². The lowest BCUT2D eigenvalue weighted by Crippen LogP contribution is -2.51. The van der Waals surface area contributed by atoms with Gasteiger partial charge in [-0.15, -0.1) is 12.4 Å². The Morgan fingerprint density at radius 1 is 1.32 bits per heavy atom. The number of rotatable bonds is 3. The van der Waals surface area contributed by atoms with Gasteiger partial charge in [0.1, 0.15) is 0 Å². The van der Waals surface area contributed by atoms with Crippen LogP contribution in [0.25, 0.3) is 0 Å². The highest BCUT2D eigenvalue weighted by atomic mass is 35.5. The van der Waals surface area contributed by atoms with Gasteiger partial charge in [0.25, 0.3) is 5.91 Å². The van der Waals surface area contributed by atoms with Gasteiger partial charge in [-0.2, -0.15) is 0 Å². The van der Waals surface area contributed by atoms with Crippen molar-refractivity contribution in [1.82, 2.24) is 10.3 Å². The molecule has 1 aliphatic carbocycles. The number of carbonyl (C=O) groups is 1. The summed E-state index contributed by atoms with van der Waals surface area (Å²) in [4.78, 5) is 25.2. The van der Waals surface area contributed by atoms with Gasteiger partial charge in [0.15, 0.2) is 0 Å². The molecule has 19 heavy (non-hydrogen) atoms. The van der Waals surface area contributed by atoms with Crippen molar-refractivity contribution in [2.75, 3.05) is 6.54 Å². The van der Waals surface area contributed by atoms with Crippen LogP contribution in [0.1, 0.15) is 42.5 Å². The van der Waals surface area contributed by atoms with Crippen molar-refractivity contribution in [3.8, 4) is 0 Å². The van der Waals surface area contributed by atoms with E-state index in [2.05, 4.69) is 10.3 Å². The second-order valence-corrected chi connectivity index (χ2v) is 5.05. The summed E-state index contributed by atoms with van der Waals surface area (Å²) in [5.74, 6) is -0.193. The second-order valence-electron chi connectivity index (χ2n) is 5.05. The fourth-order valence-electron chi connectivity index (χ4n) is 2.34. The Balaban J connectivity index is 0.00000180. The Bertz CT molecular complexity index is 461. The molecule has 0 saturated heterocycles. The molecule has 0 aliphatic heterocycles. The van der Waals surface area contributed by atoms with Crippen molar-refractivity contribution in [3.05, 3.63) is 34.2 Å². The molecule has 106 valence electrons. The summed E-state index contributed by atoms with van der Waals surface area (Å²) < 4.78 is 0. The first kappa shape index (κ1) is 15.7. The monoisotopic (exact) mass is 285 g/mol. The number of aromatic amines is 1. The molecule has 1 heterocycles. The van der Waals surface area contributed by atoms with Crippen LogP contribution in [0.3, 0.4) is 0 Å². The van der Waals surface area contributed by atoms with E-state index in [1.165, 1.54) is 24.8 Å². The quantitative estimate of drug-likeness (QED) is 0.779. The van der Waals surface area contributed by atoms with Gasteiger partial charge in [-0.1, -0.05) is 19.3 Å². The Kier molecular flexibility index (Phi) is 5.57. The van der Waals surface area contributed by atoms with Crippen molar-refractivity contribution in [2.24, 2.45) is 5.73 Å². The van der Waals surface area contributed by atoms with E-state index >= 15 is 0 Å². The standard InChI is InChI=1S/C13H19N3O2.ClH/c14-13(6-2-1-3-7-13)9-16-12(18)10-4-5-11(17)15-8-10;/h4-5,8H,1-3,6-7,9,14H2,(H,15,17)(H,16,18);1H. The maximum absolute atomic E-state index is 11.9. The number of aromatic nitrogens is 1. The fraction of sp³-hybridized carbons (Fsp3) is 0.538. The Labute approximate surface area is 118 Å². The van der Waals surface area contributed by atoms with E-state index in [0.717, 1.165) is 25.7 Å². The lowest BCUT2D eigenvalue weighted by Gasteiger charge is -2.33. The van der Waals surface area contributed by atoms with Crippen molar-refractivity contribution in [3.63, 3.8) is 0 Å². The molecule has 0 atom stereocenters. The first-order valence-electron chi connectivity index (χ1n) is 6.35. The Morgan fingerprint density at radius 2 is 2.00 bits per heavy atom. The number of amides is 1. The normalized spacial score (nSPS) is 17.3. The lowest BCUT2D eigenvalue weighted by atomic mass is 9.82. The molecule has 2 rings (SSSR count). The number of halogens is 1. The Hall–Kier alpha value is -1.33. The van der Waals surface area contributed by atoms with Crippen LogP contribution in [0.15, 0.2) is 23.1 Å². The maximum atomic E-state index is 11.9. The molecular formula is C13H20ClN3O2. The molecule has 0 unspecified atom stereocenters. The van der Waals surface area contributed by atoms with Crippen LogP contribution < -0.4 is 16.6 Å². The fourth-order valence-corrected chi connectivity index (χ4v) is 2.34. The summed E-state index contributed by atoms with van der Waals surface area (Å²) in [5, 5.41) is 2.84. The van der Waals surface area contributed by atoms with Gasteiger partial charge >= 0.3 is 0 Å². The molecule has 1 aliphatic rings. The maximum Gasteiger partial charge on any atom is 0.252 e. The van der Waals surface area contributed by atoms with Gasteiger partial charge in [-0.25, -0.2) is 0 Å². The number of nitrogens with one attached hydrogen (secondary N) is 2. The highest BCUT2D eigenvalue weighted by molar-refractivity contribution is 5.93. The van der Waals surface area contributed by atoms with E-state index in [9.17, 15) is 9.59 Å². The molecule has 1 saturated carbocycles. The van der Waals surface area contributed by atoms with Gasteiger partial charge in [-0.05, 0) is 18.9 Å². The molecule has 0 bridgehead atoms. The third kappa shape index (κ3) is 4.36. The third-order valence-corrected chi connectivity index (χ3v) is 3.50. The molecule has 1 aromatic rings. The number of H-pyrrole nitrogens is 1. The number of pyridine rings is 1. The molecule has 1 aromatic heterocycles. The number of carbonyl (C=O) groups excluding carboxylic acids is 1. The highest BCUT2D eigenvalue weighted by Gasteiger charge is 2.27. The Morgan fingerprint density at radius 3 is 2.58 bits per heavy atom. The number of hydrogen-bond acceptors (Lipinski definition) is 3. The van der Waals surface area contributed by atoms with Crippen LogP contribution in [-0.2, 0) is 0 Å². The minimum atomic E-state index is -0.268. The molecule has 0 aromatic carbocycles. The van der Waals surface area contributed by atoms with Crippen LogP contribution in [0.2, 0.25) is 0 Å². The van der Waals surface area contributed by atoms with Gasteiger partial charge in [-0.3, -0.25) is 9.59 Å². The largest absolute Gasteiger partial charge is 0.350 e. The van der Waals surface area contributed by atoms with Crippen molar-refractivity contribution >= 4 is 18.3 Å². The van der Waals surface area contributed by atoms with Crippen molar-refractivity contribution < 1.29 is 4.79 Å². The van der Waals surface area contributed by atoms with Gasteiger partial charge in [0.05, 0.1) is 5.56 Å². The van der Waals surface area contributed by atoms with Gasteiger partial charge in [0, 0.05) is 24.3 Å². The summed E-state index contributed by atoms with van der Waals surface area (Å²) in [5.41, 5.74) is 6.21. The molecule has 0 spiro atoms. The van der Waals surface area contributed by atoms with E-state index in [0.29, 0.717) is 12.1 Å². The average molecular weight is 286 g/mol. The van der Waals surface area contributed by atoms with Gasteiger partial charge < -0.3 is 16.0 Å². The summed E-state index contributed by atoms with van der Waals surface area (Å²) in [6.45, 7) is 0.491. The third-order valence-electron chi connectivity index (χ3n) is 3.50. The van der Waals surface area contributed by atoms with Crippen LogP contribution in [0, 0.1) is 0 Å². The molecule has 1 fully saturated rings. The molecular weight excluding hydrogens is 266 g/mol. The summed E-state index contributed by atoms with van der Waals surface area (Å²) in [6.07, 6.45) is 6.82. The van der Waals surface area contributed by atoms with Gasteiger partial charge in [0.2, 0.25) is 5.56 Å². The molecule has 1 amide bonds. The minimum absolute atomic E-state index is 0. The zero-order chi connectivity index (χ0) is 13.0. The van der Waals surface area contributed by atoms with E-state index < -0.39 is 0 Å². The predicted molar refractivity (Wildman–Crippen MR) is 76.6 cm³/mol. The summed E-state index contributed by atoms with van der Waals surface area (Å²) in [7, 11) is 0. The summed E-state index contributed by atoms with van der Waals surface area (Å²) in [6, 6.07) is 2.85. The van der Waals surface area contributed by atoms with E-state index in [-0.39, 0.29) is 29.4 Å². The SMILES string of the molecule is Cl.NC1(CNC(=O)c2ccc(=O)[nH]c2)CCCCC1. The van der Waals surface area contributed by atoms with Crippen LogP contribution in [-0.4, -0.2) is 23.0 Å². The first-order valence-corrected chi connectivity index (χ1v) is 6.35. The second kappa shape index (κ2) is 6.73. The summed E-state index contributed by atoms with van der Waals surface area (Å²) >= 11 is 0. The molecule has 5 nitrogen and oxygen atoms in total. The topological polar surface area (TPSA) is 88.0 Å². The highest BCUT2D eigenvalue weighted by Crippen LogP contribution is 2.25.